The summed E-state index contributed by atoms with van der Waals surface area (Å²) in [6.07, 6.45) is 5.41. The second kappa shape index (κ2) is 6.54. The number of piperidine rings is 1. The summed E-state index contributed by atoms with van der Waals surface area (Å²) in [6.45, 7) is 8.27. The molecule has 25 heavy (non-hydrogen) atoms. The van der Waals surface area contributed by atoms with Gasteiger partial charge in [0, 0.05) is 17.8 Å². The minimum absolute atomic E-state index is 0.0816. The zero-order valence-corrected chi connectivity index (χ0v) is 15.5. The van der Waals surface area contributed by atoms with Crippen molar-refractivity contribution < 1.29 is 4.74 Å². The highest BCUT2D eigenvalue weighted by molar-refractivity contribution is 5.33. The van der Waals surface area contributed by atoms with Gasteiger partial charge >= 0.3 is 0 Å². The molecule has 3 atom stereocenters. The fourth-order valence-corrected chi connectivity index (χ4v) is 4.61. The molecule has 0 amide bonds. The zero-order valence-electron chi connectivity index (χ0n) is 15.5. The van der Waals surface area contributed by atoms with E-state index in [4.69, 9.17) is 4.74 Å². The van der Waals surface area contributed by atoms with E-state index >= 15 is 0 Å². The number of aryl methyl sites for hydroxylation is 3. The number of aromatic nitrogens is 1. The quantitative estimate of drug-likeness (QED) is 0.884. The predicted octanol–water partition coefficient (Wildman–Crippen LogP) is 4.37. The summed E-state index contributed by atoms with van der Waals surface area (Å²) in [5, 5.41) is 3.75. The fourth-order valence-electron chi connectivity index (χ4n) is 4.61. The van der Waals surface area contributed by atoms with E-state index in [1.165, 1.54) is 28.7 Å². The maximum Gasteiger partial charge on any atom is 0.0883 e. The second-order valence-corrected chi connectivity index (χ2v) is 7.86. The highest BCUT2D eigenvalue weighted by atomic mass is 16.5. The summed E-state index contributed by atoms with van der Waals surface area (Å²) < 4.78 is 6.56. The molecule has 4 rings (SSSR count). The van der Waals surface area contributed by atoms with Crippen LogP contribution < -0.4 is 5.32 Å². The summed E-state index contributed by atoms with van der Waals surface area (Å²) in [5.74, 6) is 0.467. The van der Waals surface area contributed by atoms with E-state index in [1.807, 2.05) is 6.20 Å². The lowest BCUT2D eigenvalue weighted by molar-refractivity contribution is -0.0484. The summed E-state index contributed by atoms with van der Waals surface area (Å²) in [4.78, 5) is 4.43. The molecule has 1 aromatic carbocycles. The molecule has 3 nitrogen and oxygen atoms in total. The topological polar surface area (TPSA) is 34.2 Å². The molecule has 3 heterocycles. The predicted molar refractivity (Wildman–Crippen MR) is 101 cm³/mol. The molecule has 1 N–H and O–H groups in total. The Morgan fingerprint density at radius 2 is 1.96 bits per heavy atom. The number of pyridine rings is 1. The van der Waals surface area contributed by atoms with Crippen LogP contribution in [0.4, 0.5) is 0 Å². The molecular weight excluding hydrogens is 308 g/mol. The third-order valence-corrected chi connectivity index (χ3v) is 5.95. The second-order valence-electron chi connectivity index (χ2n) is 7.86. The Bertz CT molecular complexity index is 755. The zero-order chi connectivity index (χ0) is 17.4. The van der Waals surface area contributed by atoms with Crippen LogP contribution in [0.1, 0.15) is 59.2 Å². The van der Waals surface area contributed by atoms with Crippen LogP contribution in [0.15, 0.2) is 36.5 Å². The van der Waals surface area contributed by atoms with E-state index in [1.54, 1.807) is 0 Å². The van der Waals surface area contributed by atoms with E-state index in [9.17, 15) is 0 Å². The summed E-state index contributed by atoms with van der Waals surface area (Å²) >= 11 is 0. The molecule has 1 aromatic heterocycles. The van der Waals surface area contributed by atoms with Crippen LogP contribution in [0.25, 0.3) is 0 Å². The summed E-state index contributed by atoms with van der Waals surface area (Å²) in [5.41, 5.74) is 6.38. The Labute approximate surface area is 150 Å². The average Bonchev–Trinajstić information content (AvgIpc) is 3.03. The molecule has 132 valence electrons. The first-order chi connectivity index (χ1) is 12.1. The highest BCUT2D eigenvalue weighted by Gasteiger charge is 2.48. The Hall–Kier alpha value is -1.71. The van der Waals surface area contributed by atoms with Gasteiger partial charge in [0.15, 0.2) is 0 Å². The SMILES string of the molecule is Cc1ccc(C2NCCCC23CC(c2cc(C)ncc2C)CO3)cc1. The van der Waals surface area contributed by atoms with Gasteiger partial charge in [-0.1, -0.05) is 29.8 Å². The van der Waals surface area contributed by atoms with Crippen molar-refractivity contribution in [1.82, 2.24) is 10.3 Å². The first-order valence-electron chi connectivity index (χ1n) is 9.44. The van der Waals surface area contributed by atoms with Crippen LogP contribution >= 0.6 is 0 Å². The van der Waals surface area contributed by atoms with E-state index < -0.39 is 0 Å². The van der Waals surface area contributed by atoms with Crippen LogP contribution in [-0.2, 0) is 4.74 Å². The fraction of sp³-hybridized carbons (Fsp3) is 0.500. The lowest BCUT2D eigenvalue weighted by Gasteiger charge is -2.42. The Kier molecular flexibility index (Phi) is 4.38. The number of nitrogens with zero attached hydrogens (tertiary/aromatic N) is 1. The van der Waals surface area contributed by atoms with Crippen LogP contribution in [0.5, 0.6) is 0 Å². The van der Waals surface area contributed by atoms with Crippen LogP contribution in [0.3, 0.4) is 0 Å². The Balaban J connectivity index is 1.64. The molecule has 2 saturated heterocycles. The van der Waals surface area contributed by atoms with Crippen molar-refractivity contribution in [3.8, 4) is 0 Å². The molecule has 2 aliphatic rings. The van der Waals surface area contributed by atoms with Crippen LogP contribution in [0.2, 0.25) is 0 Å². The first kappa shape index (κ1) is 16.7. The smallest absolute Gasteiger partial charge is 0.0883 e. The number of ether oxygens (including phenoxy) is 1. The maximum absolute atomic E-state index is 6.56. The van der Waals surface area contributed by atoms with Crippen molar-refractivity contribution in [3.05, 3.63) is 64.5 Å². The van der Waals surface area contributed by atoms with Gasteiger partial charge in [0.05, 0.1) is 18.2 Å². The minimum Gasteiger partial charge on any atom is -0.372 e. The van der Waals surface area contributed by atoms with Crippen molar-refractivity contribution in [1.29, 1.82) is 0 Å². The maximum atomic E-state index is 6.56. The largest absolute Gasteiger partial charge is 0.372 e. The van der Waals surface area contributed by atoms with Gasteiger partial charge in [-0.3, -0.25) is 4.98 Å². The molecular formula is C22H28N2O. The van der Waals surface area contributed by atoms with Crippen LogP contribution in [-0.4, -0.2) is 23.7 Å². The number of hydrogen-bond acceptors (Lipinski definition) is 3. The monoisotopic (exact) mass is 336 g/mol. The molecule has 0 bridgehead atoms. The minimum atomic E-state index is -0.0816. The Morgan fingerprint density at radius 3 is 2.76 bits per heavy atom. The van der Waals surface area contributed by atoms with E-state index in [2.05, 4.69) is 61.4 Å². The lowest BCUT2D eigenvalue weighted by Crippen LogP contribution is -2.48. The lowest BCUT2D eigenvalue weighted by atomic mass is 9.76. The molecule has 2 aromatic rings. The van der Waals surface area contributed by atoms with Gasteiger partial charge < -0.3 is 10.1 Å². The molecule has 3 heteroatoms. The van der Waals surface area contributed by atoms with E-state index in [0.29, 0.717) is 5.92 Å². The molecule has 1 spiro atoms. The third-order valence-electron chi connectivity index (χ3n) is 5.95. The number of hydrogen-bond donors (Lipinski definition) is 1. The molecule has 2 aliphatic heterocycles. The van der Waals surface area contributed by atoms with Crippen molar-refractivity contribution >= 4 is 0 Å². The molecule has 0 saturated carbocycles. The van der Waals surface area contributed by atoms with Gasteiger partial charge in [-0.2, -0.15) is 0 Å². The normalized spacial score (nSPS) is 29.2. The summed E-state index contributed by atoms with van der Waals surface area (Å²) in [7, 11) is 0. The standard InChI is InChI=1S/C22H28N2O/c1-15-5-7-18(8-6-15)21-22(9-4-10-23-21)12-19(14-25-22)20-11-17(3)24-13-16(20)2/h5-8,11,13,19,21,23H,4,9-10,12,14H2,1-3H3. The third kappa shape index (κ3) is 3.11. The van der Waals surface area contributed by atoms with Crippen molar-refractivity contribution in [2.24, 2.45) is 0 Å². The van der Waals surface area contributed by atoms with Crippen molar-refractivity contribution in [2.45, 2.75) is 57.6 Å². The van der Waals surface area contributed by atoms with Gasteiger partial charge in [-0.25, -0.2) is 0 Å². The van der Waals surface area contributed by atoms with Crippen LogP contribution in [0, 0.1) is 20.8 Å². The average molecular weight is 336 g/mol. The molecule has 3 unspecified atom stereocenters. The van der Waals surface area contributed by atoms with Gasteiger partial charge in [0.1, 0.15) is 0 Å². The van der Waals surface area contributed by atoms with Crippen molar-refractivity contribution in [3.63, 3.8) is 0 Å². The van der Waals surface area contributed by atoms with Crippen molar-refractivity contribution in [2.75, 3.05) is 13.2 Å². The summed E-state index contributed by atoms with van der Waals surface area (Å²) in [6, 6.07) is 11.5. The van der Waals surface area contributed by atoms with Gasteiger partial charge in [0.2, 0.25) is 0 Å². The van der Waals surface area contributed by atoms with E-state index in [-0.39, 0.29) is 11.6 Å². The number of rotatable bonds is 2. The Morgan fingerprint density at radius 1 is 1.16 bits per heavy atom. The molecule has 0 aliphatic carbocycles. The molecule has 0 radical (unpaired) electrons. The first-order valence-corrected chi connectivity index (χ1v) is 9.44. The van der Waals surface area contributed by atoms with Gasteiger partial charge in [0.25, 0.3) is 0 Å². The number of benzene rings is 1. The highest BCUT2D eigenvalue weighted by Crippen LogP contribution is 2.48. The van der Waals surface area contributed by atoms with E-state index in [0.717, 1.165) is 31.7 Å². The van der Waals surface area contributed by atoms with Gasteiger partial charge in [-0.15, -0.1) is 0 Å². The number of nitrogens with one attached hydrogen (secondary N) is 1. The molecule has 2 fully saturated rings. The van der Waals surface area contributed by atoms with Gasteiger partial charge in [-0.05, 0) is 69.3 Å².